The SMILES string of the molecule is Cc1nc(CO[C@H]2CCN(c3ncc(Br)cc3[N+](=O)[O-])C2)cs1. The van der Waals surface area contributed by atoms with E-state index >= 15 is 0 Å². The first-order valence-corrected chi connectivity index (χ1v) is 8.77. The van der Waals surface area contributed by atoms with Crippen LogP contribution in [0.2, 0.25) is 0 Å². The van der Waals surface area contributed by atoms with Crippen LogP contribution in [-0.4, -0.2) is 34.1 Å². The van der Waals surface area contributed by atoms with Crippen LogP contribution in [0, 0.1) is 17.0 Å². The van der Waals surface area contributed by atoms with Gasteiger partial charge in [-0.3, -0.25) is 10.1 Å². The Morgan fingerprint density at radius 1 is 1.61 bits per heavy atom. The van der Waals surface area contributed by atoms with Gasteiger partial charge in [0.05, 0.1) is 28.3 Å². The number of aryl methyl sites for hydroxylation is 1. The number of anilines is 1. The minimum Gasteiger partial charge on any atom is -0.370 e. The van der Waals surface area contributed by atoms with Crippen molar-refractivity contribution in [2.45, 2.75) is 26.1 Å². The highest BCUT2D eigenvalue weighted by molar-refractivity contribution is 9.10. The molecule has 1 aliphatic heterocycles. The molecule has 23 heavy (non-hydrogen) atoms. The first-order valence-electron chi connectivity index (χ1n) is 7.10. The summed E-state index contributed by atoms with van der Waals surface area (Å²) < 4.78 is 6.47. The Labute approximate surface area is 145 Å². The zero-order valence-corrected chi connectivity index (χ0v) is 14.8. The summed E-state index contributed by atoms with van der Waals surface area (Å²) in [5.41, 5.74) is 0.939. The monoisotopic (exact) mass is 398 g/mol. The van der Waals surface area contributed by atoms with Gasteiger partial charge < -0.3 is 9.64 Å². The fourth-order valence-corrected chi connectivity index (χ4v) is 3.45. The van der Waals surface area contributed by atoms with Crippen LogP contribution in [0.4, 0.5) is 11.5 Å². The first kappa shape index (κ1) is 16.3. The maximum atomic E-state index is 11.2. The zero-order valence-electron chi connectivity index (χ0n) is 12.4. The third-order valence-corrected chi connectivity index (χ3v) is 4.84. The van der Waals surface area contributed by atoms with Gasteiger partial charge >= 0.3 is 5.69 Å². The second-order valence-corrected chi connectivity index (χ2v) is 7.26. The summed E-state index contributed by atoms with van der Waals surface area (Å²) in [7, 11) is 0. The fourth-order valence-electron chi connectivity index (χ4n) is 2.53. The number of thiazole rings is 1. The number of rotatable bonds is 5. The van der Waals surface area contributed by atoms with E-state index in [0.717, 1.165) is 17.1 Å². The molecule has 0 saturated carbocycles. The Bertz CT molecular complexity index is 724. The van der Waals surface area contributed by atoms with E-state index in [2.05, 4.69) is 25.9 Å². The number of ether oxygens (including phenoxy) is 1. The van der Waals surface area contributed by atoms with Gasteiger partial charge in [0.15, 0.2) is 0 Å². The molecule has 9 heteroatoms. The second-order valence-electron chi connectivity index (χ2n) is 5.28. The van der Waals surface area contributed by atoms with Crippen molar-refractivity contribution in [1.29, 1.82) is 0 Å². The molecular weight excluding hydrogens is 384 g/mol. The largest absolute Gasteiger partial charge is 0.370 e. The molecule has 0 bridgehead atoms. The maximum Gasteiger partial charge on any atom is 0.312 e. The predicted molar refractivity (Wildman–Crippen MR) is 90.8 cm³/mol. The van der Waals surface area contributed by atoms with Crippen LogP contribution >= 0.6 is 27.3 Å². The van der Waals surface area contributed by atoms with E-state index in [0.29, 0.717) is 30.0 Å². The van der Waals surface area contributed by atoms with Gasteiger partial charge in [0.25, 0.3) is 0 Å². The van der Waals surface area contributed by atoms with Crippen LogP contribution < -0.4 is 4.90 Å². The van der Waals surface area contributed by atoms with E-state index in [9.17, 15) is 10.1 Å². The van der Waals surface area contributed by atoms with Gasteiger partial charge in [-0.25, -0.2) is 9.97 Å². The molecule has 1 aliphatic rings. The molecule has 0 aromatic carbocycles. The Kier molecular flexibility index (Phi) is 4.88. The summed E-state index contributed by atoms with van der Waals surface area (Å²) in [6.07, 6.45) is 2.43. The Balaban J connectivity index is 1.64. The van der Waals surface area contributed by atoms with Crippen LogP contribution in [0.1, 0.15) is 17.1 Å². The molecular formula is C14H15BrN4O3S. The highest BCUT2D eigenvalue weighted by Gasteiger charge is 2.29. The zero-order chi connectivity index (χ0) is 16.4. The molecule has 0 radical (unpaired) electrons. The van der Waals surface area contributed by atoms with Crippen molar-refractivity contribution in [3.63, 3.8) is 0 Å². The number of hydrogen-bond donors (Lipinski definition) is 0. The van der Waals surface area contributed by atoms with Gasteiger partial charge in [-0.15, -0.1) is 11.3 Å². The van der Waals surface area contributed by atoms with Crippen molar-refractivity contribution in [1.82, 2.24) is 9.97 Å². The van der Waals surface area contributed by atoms with Crippen LogP contribution in [0.3, 0.4) is 0 Å². The quantitative estimate of drug-likeness (QED) is 0.567. The van der Waals surface area contributed by atoms with Crippen LogP contribution in [0.25, 0.3) is 0 Å². The summed E-state index contributed by atoms with van der Waals surface area (Å²) in [4.78, 5) is 21.3. The van der Waals surface area contributed by atoms with Gasteiger partial charge in [-0.1, -0.05) is 0 Å². The Morgan fingerprint density at radius 2 is 2.43 bits per heavy atom. The van der Waals surface area contributed by atoms with Gasteiger partial charge in [0.2, 0.25) is 5.82 Å². The molecule has 3 rings (SSSR count). The molecule has 122 valence electrons. The second kappa shape index (κ2) is 6.90. The van der Waals surface area contributed by atoms with E-state index in [4.69, 9.17) is 4.74 Å². The maximum absolute atomic E-state index is 11.2. The molecule has 1 fully saturated rings. The van der Waals surface area contributed by atoms with Crippen molar-refractivity contribution in [2.75, 3.05) is 18.0 Å². The Morgan fingerprint density at radius 3 is 3.13 bits per heavy atom. The molecule has 0 amide bonds. The van der Waals surface area contributed by atoms with Crippen molar-refractivity contribution < 1.29 is 9.66 Å². The highest BCUT2D eigenvalue weighted by atomic mass is 79.9. The number of nitrogens with zero attached hydrogens (tertiary/aromatic N) is 4. The predicted octanol–water partition coefficient (Wildman–Crippen LogP) is 3.31. The van der Waals surface area contributed by atoms with Gasteiger partial charge in [0.1, 0.15) is 0 Å². The fraction of sp³-hybridized carbons (Fsp3) is 0.429. The summed E-state index contributed by atoms with van der Waals surface area (Å²) >= 11 is 4.82. The minimum absolute atomic E-state index is 0.00940. The van der Waals surface area contributed by atoms with Crippen molar-refractivity contribution >= 4 is 38.8 Å². The number of aromatic nitrogens is 2. The molecule has 1 atom stereocenters. The molecule has 0 aliphatic carbocycles. The lowest BCUT2D eigenvalue weighted by molar-refractivity contribution is -0.384. The number of pyridine rings is 1. The summed E-state index contributed by atoms with van der Waals surface area (Å²) in [6, 6.07) is 1.48. The number of halogens is 1. The lowest BCUT2D eigenvalue weighted by atomic mass is 10.3. The topological polar surface area (TPSA) is 81.4 Å². The summed E-state index contributed by atoms with van der Waals surface area (Å²) in [6.45, 7) is 3.72. The molecule has 0 spiro atoms. The molecule has 1 saturated heterocycles. The van der Waals surface area contributed by atoms with Crippen molar-refractivity contribution in [3.8, 4) is 0 Å². The van der Waals surface area contributed by atoms with Gasteiger partial charge in [-0.05, 0) is 29.3 Å². The van der Waals surface area contributed by atoms with E-state index in [-0.39, 0.29) is 11.8 Å². The van der Waals surface area contributed by atoms with Crippen LogP contribution in [0.15, 0.2) is 22.1 Å². The minimum atomic E-state index is -0.403. The molecule has 7 nitrogen and oxygen atoms in total. The standard InChI is InChI=1S/C14H15BrN4O3S/c1-9-17-11(8-23-9)7-22-12-2-3-18(6-12)14-13(19(20)21)4-10(15)5-16-14/h4-5,8,12H,2-3,6-7H2,1H3/t12-/m0/s1. The van der Waals surface area contributed by atoms with Crippen LogP contribution in [0.5, 0.6) is 0 Å². The van der Waals surface area contributed by atoms with Gasteiger partial charge in [0, 0.05) is 35.2 Å². The average Bonchev–Trinajstić information content (AvgIpc) is 3.14. The lowest BCUT2D eigenvalue weighted by Gasteiger charge is -2.17. The summed E-state index contributed by atoms with van der Waals surface area (Å²) in [5.74, 6) is 0.397. The highest BCUT2D eigenvalue weighted by Crippen LogP contribution is 2.31. The molecule has 0 unspecified atom stereocenters. The van der Waals surface area contributed by atoms with E-state index < -0.39 is 4.92 Å². The van der Waals surface area contributed by atoms with Crippen molar-refractivity contribution in [3.05, 3.63) is 42.9 Å². The van der Waals surface area contributed by atoms with Gasteiger partial charge in [-0.2, -0.15) is 0 Å². The molecule has 3 heterocycles. The third-order valence-electron chi connectivity index (χ3n) is 3.59. The van der Waals surface area contributed by atoms with Crippen molar-refractivity contribution in [2.24, 2.45) is 0 Å². The third kappa shape index (κ3) is 3.85. The smallest absolute Gasteiger partial charge is 0.312 e. The summed E-state index contributed by atoms with van der Waals surface area (Å²) in [5, 5.41) is 14.2. The Hall–Kier alpha value is -1.58. The average molecular weight is 399 g/mol. The number of nitro groups is 1. The first-order chi connectivity index (χ1) is 11.0. The number of hydrogen-bond acceptors (Lipinski definition) is 7. The molecule has 2 aromatic heterocycles. The van der Waals surface area contributed by atoms with E-state index in [1.807, 2.05) is 17.2 Å². The molecule has 0 N–H and O–H groups in total. The van der Waals surface area contributed by atoms with Crippen LogP contribution in [-0.2, 0) is 11.3 Å². The molecule has 2 aromatic rings. The lowest BCUT2D eigenvalue weighted by Crippen LogP contribution is -2.24. The van der Waals surface area contributed by atoms with E-state index in [1.165, 1.54) is 6.07 Å². The normalized spacial score (nSPS) is 17.7. The van der Waals surface area contributed by atoms with E-state index in [1.54, 1.807) is 17.5 Å².